The average Bonchev–Trinajstić information content (AvgIpc) is 2.48. The molecule has 1 aromatic heterocycles. The van der Waals surface area contributed by atoms with E-state index in [4.69, 9.17) is 16.3 Å². The van der Waals surface area contributed by atoms with E-state index in [0.29, 0.717) is 16.4 Å². The van der Waals surface area contributed by atoms with Gasteiger partial charge in [-0.1, -0.05) is 17.7 Å². The molecular formula is C15H16ClN3O2. The number of hydrogen-bond donors (Lipinski definition) is 1. The monoisotopic (exact) mass is 305 g/mol. The highest BCUT2D eigenvalue weighted by molar-refractivity contribution is 6.30. The standard InChI is InChI=1S/C15H16ClN3O2/c1-3-21-14(20)15(2,13-10-17-7-8-18-13)19-12-6-4-5-11(16)9-12/h4-10,19H,3H2,1-2H3. The lowest BCUT2D eigenvalue weighted by Gasteiger charge is -2.28. The molecule has 6 heteroatoms. The molecule has 21 heavy (non-hydrogen) atoms. The molecule has 0 aliphatic carbocycles. The maximum absolute atomic E-state index is 12.4. The predicted molar refractivity (Wildman–Crippen MR) is 81.1 cm³/mol. The van der Waals surface area contributed by atoms with Crippen LogP contribution in [-0.2, 0) is 15.1 Å². The van der Waals surface area contributed by atoms with Crippen molar-refractivity contribution in [1.29, 1.82) is 0 Å². The molecule has 1 unspecified atom stereocenters. The average molecular weight is 306 g/mol. The van der Waals surface area contributed by atoms with Crippen molar-refractivity contribution in [2.75, 3.05) is 11.9 Å². The van der Waals surface area contributed by atoms with Crippen LogP contribution >= 0.6 is 11.6 Å². The summed E-state index contributed by atoms with van der Waals surface area (Å²) in [7, 11) is 0. The van der Waals surface area contributed by atoms with Crippen LogP contribution in [0.5, 0.6) is 0 Å². The van der Waals surface area contributed by atoms with Gasteiger partial charge in [-0.15, -0.1) is 0 Å². The highest BCUT2D eigenvalue weighted by Gasteiger charge is 2.38. The Morgan fingerprint density at radius 2 is 2.24 bits per heavy atom. The first-order valence-corrected chi connectivity index (χ1v) is 6.91. The molecule has 0 saturated heterocycles. The van der Waals surface area contributed by atoms with Crippen molar-refractivity contribution in [1.82, 2.24) is 9.97 Å². The number of benzene rings is 1. The van der Waals surface area contributed by atoms with Crippen LogP contribution in [0.25, 0.3) is 0 Å². The van der Waals surface area contributed by atoms with Crippen LogP contribution in [0, 0.1) is 0 Å². The molecule has 0 aliphatic heterocycles. The SMILES string of the molecule is CCOC(=O)C(C)(Nc1cccc(Cl)c1)c1cnccn1. The number of anilines is 1. The molecule has 1 N–H and O–H groups in total. The maximum atomic E-state index is 12.4. The van der Waals surface area contributed by atoms with Crippen LogP contribution in [0.1, 0.15) is 19.5 Å². The van der Waals surface area contributed by atoms with Gasteiger partial charge in [0.15, 0.2) is 5.54 Å². The van der Waals surface area contributed by atoms with Crippen LogP contribution in [0.3, 0.4) is 0 Å². The molecule has 0 spiro atoms. The van der Waals surface area contributed by atoms with Crippen molar-refractivity contribution in [3.8, 4) is 0 Å². The van der Waals surface area contributed by atoms with Gasteiger partial charge in [-0.3, -0.25) is 9.97 Å². The molecule has 0 saturated carbocycles. The molecular weight excluding hydrogens is 290 g/mol. The first kappa shape index (κ1) is 15.3. The van der Waals surface area contributed by atoms with Crippen LogP contribution in [0.15, 0.2) is 42.9 Å². The smallest absolute Gasteiger partial charge is 0.337 e. The molecule has 0 aliphatic rings. The van der Waals surface area contributed by atoms with E-state index in [-0.39, 0.29) is 6.61 Å². The Balaban J connectivity index is 2.39. The largest absolute Gasteiger partial charge is 0.464 e. The molecule has 1 heterocycles. The van der Waals surface area contributed by atoms with Gasteiger partial charge < -0.3 is 10.1 Å². The molecule has 0 amide bonds. The minimum Gasteiger partial charge on any atom is -0.464 e. The minimum atomic E-state index is -1.14. The fourth-order valence-electron chi connectivity index (χ4n) is 1.91. The number of rotatable bonds is 5. The van der Waals surface area contributed by atoms with Gasteiger partial charge in [0, 0.05) is 23.1 Å². The third-order valence-electron chi connectivity index (χ3n) is 2.98. The third kappa shape index (κ3) is 3.49. The summed E-state index contributed by atoms with van der Waals surface area (Å²) in [4.78, 5) is 20.6. The van der Waals surface area contributed by atoms with E-state index in [1.165, 1.54) is 12.4 Å². The topological polar surface area (TPSA) is 64.1 Å². The molecule has 1 atom stereocenters. The zero-order valence-electron chi connectivity index (χ0n) is 11.8. The summed E-state index contributed by atoms with van der Waals surface area (Å²) in [5.74, 6) is -0.425. The number of esters is 1. The lowest BCUT2D eigenvalue weighted by atomic mass is 9.97. The summed E-state index contributed by atoms with van der Waals surface area (Å²) in [6.45, 7) is 3.75. The summed E-state index contributed by atoms with van der Waals surface area (Å²) in [6, 6.07) is 7.11. The van der Waals surface area contributed by atoms with Gasteiger partial charge in [0.25, 0.3) is 0 Å². The quantitative estimate of drug-likeness (QED) is 0.860. The number of hydrogen-bond acceptors (Lipinski definition) is 5. The maximum Gasteiger partial charge on any atom is 0.337 e. The van der Waals surface area contributed by atoms with Gasteiger partial charge in [0.2, 0.25) is 0 Å². The van der Waals surface area contributed by atoms with E-state index in [1.54, 1.807) is 38.2 Å². The van der Waals surface area contributed by atoms with Crippen molar-refractivity contribution in [3.63, 3.8) is 0 Å². The Morgan fingerprint density at radius 1 is 1.43 bits per heavy atom. The van der Waals surface area contributed by atoms with E-state index in [2.05, 4.69) is 15.3 Å². The Morgan fingerprint density at radius 3 is 2.86 bits per heavy atom. The van der Waals surface area contributed by atoms with Crippen molar-refractivity contribution in [3.05, 3.63) is 53.6 Å². The van der Waals surface area contributed by atoms with Crippen LogP contribution in [0.2, 0.25) is 5.02 Å². The number of carbonyl (C=O) groups excluding carboxylic acids is 1. The Kier molecular flexibility index (Phi) is 4.75. The Bertz CT molecular complexity index is 621. The molecule has 110 valence electrons. The predicted octanol–water partition coefficient (Wildman–Crippen LogP) is 3.02. The van der Waals surface area contributed by atoms with Gasteiger partial charge in [-0.2, -0.15) is 0 Å². The van der Waals surface area contributed by atoms with E-state index >= 15 is 0 Å². The van der Waals surface area contributed by atoms with Gasteiger partial charge >= 0.3 is 5.97 Å². The van der Waals surface area contributed by atoms with Crippen LogP contribution < -0.4 is 5.32 Å². The summed E-state index contributed by atoms with van der Waals surface area (Å²) in [6.07, 6.45) is 4.62. The number of nitrogens with one attached hydrogen (secondary N) is 1. The van der Waals surface area contributed by atoms with Gasteiger partial charge in [-0.25, -0.2) is 4.79 Å². The van der Waals surface area contributed by atoms with E-state index in [0.717, 1.165) is 0 Å². The van der Waals surface area contributed by atoms with Crippen LogP contribution in [-0.4, -0.2) is 22.5 Å². The fourth-order valence-corrected chi connectivity index (χ4v) is 2.10. The Labute approximate surface area is 128 Å². The second kappa shape index (κ2) is 6.54. The van der Waals surface area contributed by atoms with E-state index in [1.807, 2.05) is 6.07 Å². The van der Waals surface area contributed by atoms with Crippen molar-refractivity contribution in [2.24, 2.45) is 0 Å². The summed E-state index contributed by atoms with van der Waals surface area (Å²) >= 11 is 5.98. The highest BCUT2D eigenvalue weighted by atomic mass is 35.5. The lowest BCUT2D eigenvalue weighted by Crippen LogP contribution is -2.42. The summed E-state index contributed by atoms with van der Waals surface area (Å²) < 4.78 is 5.16. The van der Waals surface area contributed by atoms with Gasteiger partial charge in [0.1, 0.15) is 0 Å². The number of nitrogens with zero attached hydrogens (tertiary/aromatic N) is 2. The number of aromatic nitrogens is 2. The molecule has 2 rings (SSSR count). The lowest BCUT2D eigenvalue weighted by molar-refractivity contribution is -0.148. The van der Waals surface area contributed by atoms with Gasteiger partial charge in [-0.05, 0) is 32.0 Å². The van der Waals surface area contributed by atoms with Crippen molar-refractivity contribution < 1.29 is 9.53 Å². The zero-order valence-corrected chi connectivity index (χ0v) is 12.6. The molecule has 0 radical (unpaired) electrons. The van der Waals surface area contributed by atoms with Crippen molar-refractivity contribution >= 4 is 23.3 Å². The second-order valence-electron chi connectivity index (χ2n) is 4.57. The first-order valence-electron chi connectivity index (χ1n) is 6.53. The first-order chi connectivity index (χ1) is 10.1. The third-order valence-corrected chi connectivity index (χ3v) is 3.21. The zero-order chi connectivity index (χ0) is 15.3. The fraction of sp³-hybridized carbons (Fsp3) is 0.267. The molecule has 1 aromatic carbocycles. The molecule has 0 fully saturated rings. The normalized spacial score (nSPS) is 13.3. The second-order valence-corrected chi connectivity index (χ2v) is 5.01. The summed E-state index contributed by atoms with van der Waals surface area (Å²) in [5, 5.41) is 3.71. The Hall–Kier alpha value is -2.14. The minimum absolute atomic E-state index is 0.284. The van der Waals surface area contributed by atoms with Gasteiger partial charge in [0.05, 0.1) is 18.5 Å². The number of ether oxygens (including phenoxy) is 1. The van der Waals surface area contributed by atoms with E-state index in [9.17, 15) is 4.79 Å². The number of halogens is 1. The molecule has 0 bridgehead atoms. The highest BCUT2D eigenvalue weighted by Crippen LogP contribution is 2.27. The van der Waals surface area contributed by atoms with Crippen LogP contribution in [0.4, 0.5) is 5.69 Å². The van der Waals surface area contributed by atoms with Crippen molar-refractivity contribution in [2.45, 2.75) is 19.4 Å². The summed E-state index contributed by atoms with van der Waals surface area (Å²) in [5.41, 5.74) is 0.0294. The van der Waals surface area contributed by atoms with E-state index < -0.39 is 11.5 Å². The molecule has 5 nitrogen and oxygen atoms in total. The molecule has 2 aromatic rings. The number of carbonyl (C=O) groups is 1.